The predicted molar refractivity (Wildman–Crippen MR) is 109 cm³/mol. The van der Waals surface area contributed by atoms with Gasteiger partial charge in [-0.25, -0.2) is 4.79 Å². The SMILES string of the molecule is Cc1nc(=O)[nH]c(C)c1CCC(=O)N1CCO[C@@H](CN(C)C)[C@@H]1c1cnn(C)c1. The number of likely N-dealkylation sites (N-methyl/N-ethyl adjacent to an activating group) is 1. The van der Waals surface area contributed by atoms with E-state index in [9.17, 15) is 9.59 Å². The lowest BCUT2D eigenvalue weighted by atomic mass is 9.99. The van der Waals surface area contributed by atoms with Crippen LogP contribution in [0.25, 0.3) is 0 Å². The molecule has 0 unspecified atom stereocenters. The number of hydrogen-bond acceptors (Lipinski definition) is 6. The summed E-state index contributed by atoms with van der Waals surface area (Å²) in [7, 11) is 5.87. The molecule has 9 heteroatoms. The van der Waals surface area contributed by atoms with E-state index in [-0.39, 0.29) is 23.7 Å². The number of carbonyl (C=O) groups is 1. The largest absolute Gasteiger partial charge is 0.373 e. The third-order valence-electron chi connectivity index (χ3n) is 5.33. The Morgan fingerprint density at radius 2 is 2.14 bits per heavy atom. The summed E-state index contributed by atoms with van der Waals surface area (Å²) >= 11 is 0. The number of carbonyl (C=O) groups excluding carboxylic acids is 1. The number of H-pyrrole nitrogens is 1. The molecule has 1 saturated heterocycles. The van der Waals surface area contributed by atoms with Crippen molar-refractivity contribution in [1.29, 1.82) is 0 Å². The summed E-state index contributed by atoms with van der Waals surface area (Å²) in [5, 5.41) is 4.29. The van der Waals surface area contributed by atoms with Crippen LogP contribution in [0.4, 0.5) is 0 Å². The van der Waals surface area contributed by atoms with Gasteiger partial charge in [-0.1, -0.05) is 0 Å². The molecule has 2 atom stereocenters. The first-order chi connectivity index (χ1) is 13.8. The summed E-state index contributed by atoms with van der Waals surface area (Å²) in [4.78, 5) is 35.4. The molecule has 1 fully saturated rings. The Labute approximate surface area is 170 Å². The fraction of sp³-hybridized carbons (Fsp3) is 0.600. The van der Waals surface area contributed by atoms with Crippen LogP contribution >= 0.6 is 0 Å². The molecule has 3 heterocycles. The Kier molecular flexibility index (Phi) is 6.49. The van der Waals surface area contributed by atoms with Crippen molar-refractivity contribution in [2.45, 2.75) is 38.8 Å². The molecule has 3 rings (SSSR count). The average molecular weight is 402 g/mol. The highest BCUT2D eigenvalue weighted by Crippen LogP contribution is 2.30. The van der Waals surface area contributed by atoms with E-state index < -0.39 is 0 Å². The summed E-state index contributed by atoms with van der Waals surface area (Å²) in [6.07, 6.45) is 4.52. The van der Waals surface area contributed by atoms with Crippen LogP contribution in [-0.4, -0.2) is 75.4 Å². The minimum absolute atomic E-state index is 0.0657. The van der Waals surface area contributed by atoms with Crippen LogP contribution in [0, 0.1) is 13.8 Å². The van der Waals surface area contributed by atoms with Gasteiger partial charge < -0.3 is 19.5 Å². The highest BCUT2D eigenvalue weighted by Gasteiger charge is 2.37. The average Bonchev–Trinajstić information content (AvgIpc) is 3.06. The lowest BCUT2D eigenvalue weighted by Crippen LogP contribution is -2.51. The Balaban J connectivity index is 1.80. The standard InChI is InChI=1S/C20H30N6O3/c1-13-16(14(2)23-20(28)22-13)6-7-18(27)26-8-9-29-17(12-24(3)4)19(26)15-10-21-25(5)11-15/h10-11,17,19H,6-9,12H2,1-5H3,(H,22,23,28)/t17-,19-/m0/s1. The predicted octanol–water partition coefficient (Wildman–Crippen LogP) is 0.583. The number of ether oxygens (including phenoxy) is 1. The first kappa shape index (κ1) is 21.2. The molecule has 2 aromatic heterocycles. The Bertz CT molecular complexity index is 893. The van der Waals surface area contributed by atoms with E-state index in [1.807, 2.05) is 52.3 Å². The zero-order valence-electron chi connectivity index (χ0n) is 17.8. The van der Waals surface area contributed by atoms with Crippen LogP contribution in [0.5, 0.6) is 0 Å². The van der Waals surface area contributed by atoms with Crippen molar-refractivity contribution in [2.75, 3.05) is 33.8 Å². The van der Waals surface area contributed by atoms with Crippen LogP contribution in [0.1, 0.15) is 35.0 Å². The molecule has 0 saturated carbocycles. The number of rotatable bonds is 6. The molecular formula is C20H30N6O3. The highest BCUT2D eigenvalue weighted by atomic mass is 16.5. The third-order valence-corrected chi connectivity index (χ3v) is 5.33. The highest BCUT2D eigenvalue weighted by molar-refractivity contribution is 5.77. The van der Waals surface area contributed by atoms with Gasteiger partial charge in [0.05, 0.1) is 24.9 Å². The van der Waals surface area contributed by atoms with Gasteiger partial charge in [-0.3, -0.25) is 9.48 Å². The summed E-state index contributed by atoms with van der Waals surface area (Å²) < 4.78 is 7.79. The second-order valence-electron chi connectivity index (χ2n) is 7.88. The molecule has 29 heavy (non-hydrogen) atoms. The van der Waals surface area contributed by atoms with Gasteiger partial charge in [0.25, 0.3) is 0 Å². The van der Waals surface area contributed by atoms with Crippen molar-refractivity contribution >= 4 is 5.91 Å². The van der Waals surface area contributed by atoms with Crippen molar-refractivity contribution < 1.29 is 9.53 Å². The molecule has 0 spiro atoms. The number of nitrogens with one attached hydrogen (secondary N) is 1. The van der Waals surface area contributed by atoms with E-state index in [4.69, 9.17) is 4.74 Å². The van der Waals surface area contributed by atoms with Gasteiger partial charge >= 0.3 is 5.69 Å². The van der Waals surface area contributed by atoms with Crippen molar-refractivity contribution in [3.8, 4) is 0 Å². The van der Waals surface area contributed by atoms with E-state index in [1.54, 1.807) is 4.68 Å². The van der Waals surface area contributed by atoms with Gasteiger partial charge in [0.15, 0.2) is 0 Å². The molecule has 0 bridgehead atoms. The van der Waals surface area contributed by atoms with Gasteiger partial charge in [0.1, 0.15) is 0 Å². The molecule has 1 aliphatic rings. The molecule has 0 aromatic carbocycles. The molecule has 0 aliphatic carbocycles. The molecule has 1 aliphatic heterocycles. The minimum atomic E-state index is -0.355. The number of morpholine rings is 1. The van der Waals surface area contributed by atoms with E-state index >= 15 is 0 Å². The fourth-order valence-electron chi connectivity index (χ4n) is 4.01. The number of nitrogens with zero attached hydrogens (tertiary/aromatic N) is 5. The molecule has 0 radical (unpaired) electrons. The second kappa shape index (κ2) is 8.87. The fourth-order valence-corrected chi connectivity index (χ4v) is 4.01. The Morgan fingerprint density at radius 1 is 1.38 bits per heavy atom. The lowest BCUT2D eigenvalue weighted by Gasteiger charge is -2.42. The Hall–Kier alpha value is -2.52. The smallest absolute Gasteiger partial charge is 0.345 e. The van der Waals surface area contributed by atoms with Crippen molar-refractivity contribution in [2.24, 2.45) is 7.05 Å². The quantitative estimate of drug-likeness (QED) is 0.759. The number of hydrogen-bond donors (Lipinski definition) is 1. The van der Waals surface area contributed by atoms with Crippen LogP contribution < -0.4 is 5.69 Å². The molecule has 1 N–H and O–H groups in total. The topological polar surface area (TPSA) is 96.3 Å². The maximum Gasteiger partial charge on any atom is 0.345 e. The lowest BCUT2D eigenvalue weighted by molar-refractivity contribution is -0.148. The van der Waals surface area contributed by atoms with Crippen molar-refractivity contribution in [3.63, 3.8) is 0 Å². The van der Waals surface area contributed by atoms with E-state index in [0.717, 1.165) is 16.8 Å². The van der Waals surface area contributed by atoms with E-state index in [2.05, 4.69) is 20.0 Å². The van der Waals surface area contributed by atoms with Crippen LogP contribution in [-0.2, 0) is 23.0 Å². The summed E-state index contributed by atoms with van der Waals surface area (Å²) in [5.74, 6) is 0.0657. The summed E-state index contributed by atoms with van der Waals surface area (Å²) in [6.45, 7) is 5.42. The Morgan fingerprint density at radius 3 is 2.76 bits per heavy atom. The van der Waals surface area contributed by atoms with Crippen molar-refractivity contribution in [1.82, 2.24) is 29.5 Å². The van der Waals surface area contributed by atoms with Crippen LogP contribution in [0.2, 0.25) is 0 Å². The number of amides is 1. The number of aryl methyl sites for hydroxylation is 3. The van der Waals surface area contributed by atoms with E-state index in [0.29, 0.717) is 38.2 Å². The summed E-state index contributed by atoms with van der Waals surface area (Å²) in [5.41, 5.74) is 2.99. The molecule has 158 valence electrons. The zero-order valence-corrected chi connectivity index (χ0v) is 17.8. The van der Waals surface area contributed by atoms with Crippen LogP contribution in [0.3, 0.4) is 0 Å². The first-order valence-corrected chi connectivity index (χ1v) is 9.87. The van der Waals surface area contributed by atoms with Gasteiger partial charge in [-0.05, 0) is 39.9 Å². The molecule has 1 amide bonds. The maximum absolute atomic E-state index is 13.2. The minimum Gasteiger partial charge on any atom is -0.373 e. The van der Waals surface area contributed by atoms with Gasteiger partial charge in [0, 0.05) is 49.7 Å². The van der Waals surface area contributed by atoms with Gasteiger partial charge in [0.2, 0.25) is 5.91 Å². The molecule has 2 aromatic rings. The normalized spacial score (nSPS) is 19.7. The maximum atomic E-state index is 13.2. The molecule has 9 nitrogen and oxygen atoms in total. The number of aromatic nitrogens is 4. The first-order valence-electron chi connectivity index (χ1n) is 9.87. The second-order valence-corrected chi connectivity index (χ2v) is 7.88. The molecular weight excluding hydrogens is 372 g/mol. The van der Waals surface area contributed by atoms with E-state index in [1.165, 1.54) is 0 Å². The van der Waals surface area contributed by atoms with Gasteiger partial charge in [-0.2, -0.15) is 10.1 Å². The number of aromatic amines is 1. The van der Waals surface area contributed by atoms with Crippen LogP contribution in [0.15, 0.2) is 17.2 Å². The van der Waals surface area contributed by atoms with Crippen molar-refractivity contribution in [3.05, 3.63) is 45.4 Å². The zero-order chi connectivity index (χ0) is 21.1. The summed E-state index contributed by atoms with van der Waals surface area (Å²) in [6, 6.07) is -0.178. The third kappa shape index (κ3) is 4.91. The monoisotopic (exact) mass is 402 g/mol. The van der Waals surface area contributed by atoms with Gasteiger partial charge in [-0.15, -0.1) is 0 Å².